The van der Waals surface area contributed by atoms with Crippen LogP contribution in [-0.4, -0.2) is 53.7 Å². The average molecular weight is 465 g/mol. The van der Waals surface area contributed by atoms with Crippen molar-refractivity contribution in [3.8, 4) is 11.1 Å². The summed E-state index contributed by atoms with van der Waals surface area (Å²) in [7, 11) is 0. The first-order chi connectivity index (χ1) is 16.3. The fourth-order valence-corrected chi connectivity index (χ4v) is 5.36. The zero-order valence-electron chi connectivity index (χ0n) is 19.9. The highest BCUT2D eigenvalue weighted by Crippen LogP contribution is 2.44. The van der Waals surface area contributed by atoms with E-state index in [9.17, 15) is 19.5 Å². The lowest BCUT2D eigenvalue weighted by atomic mass is 9.88. The van der Waals surface area contributed by atoms with E-state index in [0.717, 1.165) is 22.3 Å². The molecule has 7 nitrogen and oxygen atoms in total. The van der Waals surface area contributed by atoms with Gasteiger partial charge in [-0.25, -0.2) is 4.79 Å². The molecule has 2 aliphatic rings. The van der Waals surface area contributed by atoms with Crippen LogP contribution in [0.1, 0.15) is 44.2 Å². The molecule has 1 fully saturated rings. The number of rotatable bonds is 7. The highest BCUT2D eigenvalue weighted by Gasteiger charge is 2.38. The molecule has 2 aromatic rings. The molecule has 0 bridgehead atoms. The molecule has 0 radical (unpaired) electrons. The van der Waals surface area contributed by atoms with Crippen LogP contribution in [0.15, 0.2) is 48.5 Å². The molecule has 1 aliphatic carbocycles. The molecule has 4 rings (SSSR count). The van der Waals surface area contributed by atoms with Gasteiger partial charge in [-0.2, -0.15) is 0 Å². The van der Waals surface area contributed by atoms with Gasteiger partial charge in [0.15, 0.2) is 0 Å². The molecule has 1 aliphatic heterocycles. The van der Waals surface area contributed by atoms with Gasteiger partial charge in [-0.3, -0.25) is 9.59 Å². The third-order valence-corrected chi connectivity index (χ3v) is 7.08. The molecule has 3 unspecified atom stereocenters. The van der Waals surface area contributed by atoms with E-state index < -0.39 is 29.9 Å². The molecule has 2 amide bonds. The van der Waals surface area contributed by atoms with E-state index in [1.54, 1.807) is 11.8 Å². The van der Waals surface area contributed by atoms with E-state index in [2.05, 4.69) is 29.6 Å². The number of nitrogens with zero attached hydrogens (tertiary/aromatic N) is 1. The standard InChI is InChI=1S/C27H32N2O5/c1-16(2)24(25(30)29-13-12-18(14-29)26(31)32)17(3)28-27(33)34-15-23-21-10-6-4-8-19(21)20-9-5-7-11-22(20)23/h4-11,16-18,23-24H,12-15H2,1-3H3,(H,28,33)(H,31,32). The van der Waals surface area contributed by atoms with Gasteiger partial charge in [-0.05, 0) is 41.5 Å². The third-order valence-electron chi connectivity index (χ3n) is 7.08. The minimum atomic E-state index is -0.874. The van der Waals surface area contributed by atoms with Crippen LogP contribution in [0.5, 0.6) is 0 Å². The molecule has 0 saturated carbocycles. The van der Waals surface area contributed by atoms with E-state index >= 15 is 0 Å². The van der Waals surface area contributed by atoms with E-state index in [4.69, 9.17) is 4.74 Å². The van der Waals surface area contributed by atoms with Gasteiger partial charge < -0.3 is 20.1 Å². The summed E-state index contributed by atoms with van der Waals surface area (Å²) < 4.78 is 5.64. The highest BCUT2D eigenvalue weighted by molar-refractivity contribution is 5.82. The lowest BCUT2D eigenvalue weighted by molar-refractivity contribution is -0.142. The highest BCUT2D eigenvalue weighted by atomic mass is 16.5. The molecule has 1 saturated heterocycles. The first kappa shape index (κ1) is 23.8. The summed E-state index contributed by atoms with van der Waals surface area (Å²) in [6.07, 6.45) is -0.0993. The van der Waals surface area contributed by atoms with Gasteiger partial charge >= 0.3 is 12.1 Å². The number of amides is 2. The molecule has 180 valence electrons. The second kappa shape index (κ2) is 9.87. The fourth-order valence-electron chi connectivity index (χ4n) is 5.36. The number of carbonyl (C=O) groups is 3. The van der Waals surface area contributed by atoms with E-state index in [1.807, 2.05) is 38.1 Å². The summed E-state index contributed by atoms with van der Waals surface area (Å²) in [6.45, 7) is 6.52. The van der Waals surface area contributed by atoms with Gasteiger partial charge in [0.05, 0.1) is 11.8 Å². The number of likely N-dealkylation sites (tertiary alicyclic amines) is 1. The van der Waals surface area contributed by atoms with Crippen molar-refractivity contribution in [2.24, 2.45) is 17.8 Å². The van der Waals surface area contributed by atoms with Crippen molar-refractivity contribution >= 4 is 18.0 Å². The van der Waals surface area contributed by atoms with E-state index in [0.29, 0.717) is 13.0 Å². The number of carboxylic acid groups (broad SMARTS) is 1. The van der Waals surface area contributed by atoms with Crippen LogP contribution in [0.25, 0.3) is 11.1 Å². The topological polar surface area (TPSA) is 95.9 Å². The van der Waals surface area contributed by atoms with Gasteiger partial charge in [0.2, 0.25) is 5.91 Å². The van der Waals surface area contributed by atoms with Gasteiger partial charge in [-0.1, -0.05) is 62.4 Å². The lowest BCUT2D eigenvalue weighted by Crippen LogP contribution is -2.48. The minimum absolute atomic E-state index is 0.0275. The number of fused-ring (bicyclic) bond motifs is 3. The van der Waals surface area contributed by atoms with Crippen molar-refractivity contribution < 1.29 is 24.2 Å². The maximum atomic E-state index is 13.2. The SMILES string of the molecule is CC(C)C(C(=O)N1CCC(C(=O)O)C1)C(C)NC(=O)OCC1c2ccccc2-c2ccccc21. The Balaban J connectivity index is 1.38. The Kier molecular flexibility index (Phi) is 6.91. The Bertz CT molecular complexity index is 1040. The number of aliphatic carboxylic acids is 1. The first-order valence-corrected chi connectivity index (χ1v) is 11.9. The number of carboxylic acids is 1. The molecule has 2 N–H and O–H groups in total. The molecule has 3 atom stereocenters. The maximum Gasteiger partial charge on any atom is 0.407 e. The van der Waals surface area contributed by atoms with Gasteiger partial charge in [0.1, 0.15) is 6.61 Å². The van der Waals surface area contributed by atoms with Crippen LogP contribution in [0.3, 0.4) is 0 Å². The Hall–Kier alpha value is -3.35. The van der Waals surface area contributed by atoms with Crippen molar-refractivity contribution in [1.29, 1.82) is 0 Å². The minimum Gasteiger partial charge on any atom is -0.481 e. The van der Waals surface area contributed by atoms with Crippen molar-refractivity contribution in [2.45, 2.75) is 39.2 Å². The van der Waals surface area contributed by atoms with Crippen molar-refractivity contribution in [3.05, 3.63) is 59.7 Å². The Labute approximate surface area is 200 Å². The zero-order valence-corrected chi connectivity index (χ0v) is 19.9. The van der Waals surface area contributed by atoms with Crippen molar-refractivity contribution in [3.63, 3.8) is 0 Å². The normalized spacial score (nSPS) is 18.8. The fraction of sp³-hybridized carbons (Fsp3) is 0.444. The van der Waals surface area contributed by atoms with Crippen LogP contribution in [-0.2, 0) is 14.3 Å². The molecule has 7 heteroatoms. The van der Waals surface area contributed by atoms with E-state index in [-0.39, 0.29) is 30.9 Å². The second-order valence-electron chi connectivity index (χ2n) is 9.64. The van der Waals surface area contributed by atoms with Crippen LogP contribution in [0.2, 0.25) is 0 Å². The molecular formula is C27H32N2O5. The Morgan fingerprint density at radius 3 is 2.15 bits per heavy atom. The van der Waals surface area contributed by atoms with Crippen molar-refractivity contribution in [2.75, 3.05) is 19.7 Å². The molecule has 1 heterocycles. The van der Waals surface area contributed by atoms with Gasteiger partial charge in [0, 0.05) is 25.0 Å². The predicted octanol–water partition coefficient (Wildman–Crippen LogP) is 4.12. The summed E-state index contributed by atoms with van der Waals surface area (Å²) in [4.78, 5) is 38.8. The largest absolute Gasteiger partial charge is 0.481 e. The van der Waals surface area contributed by atoms with Gasteiger partial charge in [0.25, 0.3) is 0 Å². The Morgan fingerprint density at radius 2 is 1.62 bits per heavy atom. The summed E-state index contributed by atoms with van der Waals surface area (Å²) >= 11 is 0. The molecule has 0 aromatic heterocycles. The second-order valence-corrected chi connectivity index (χ2v) is 9.64. The van der Waals surface area contributed by atoms with Gasteiger partial charge in [-0.15, -0.1) is 0 Å². The molecular weight excluding hydrogens is 432 g/mol. The van der Waals surface area contributed by atoms with Crippen LogP contribution >= 0.6 is 0 Å². The summed E-state index contributed by atoms with van der Waals surface area (Å²) in [5.74, 6) is -2.05. The summed E-state index contributed by atoms with van der Waals surface area (Å²) in [5.41, 5.74) is 4.61. The first-order valence-electron chi connectivity index (χ1n) is 11.9. The quantitative estimate of drug-likeness (QED) is 0.643. The van der Waals surface area contributed by atoms with Crippen LogP contribution in [0.4, 0.5) is 4.79 Å². The van der Waals surface area contributed by atoms with E-state index in [1.165, 1.54) is 0 Å². The van der Waals surface area contributed by atoms with Crippen molar-refractivity contribution in [1.82, 2.24) is 10.2 Å². The number of hydrogen-bond donors (Lipinski definition) is 2. The zero-order chi connectivity index (χ0) is 24.4. The number of hydrogen-bond acceptors (Lipinski definition) is 4. The number of alkyl carbamates (subject to hydrolysis) is 1. The van der Waals surface area contributed by atoms with Crippen LogP contribution < -0.4 is 5.32 Å². The predicted molar refractivity (Wildman–Crippen MR) is 128 cm³/mol. The average Bonchev–Trinajstić information content (AvgIpc) is 3.41. The summed E-state index contributed by atoms with van der Waals surface area (Å²) in [6, 6.07) is 15.9. The number of nitrogens with one attached hydrogen (secondary N) is 1. The lowest BCUT2D eigenvalue weighted by Gasteiger charge is -2.31. The molecule has 0 spiro atoms. The maximum absolute atomic E-state index is 13.2. The number of ether oxygens (including phenoxy) is 1. The van der Waals surface area contributed by atoms with Crippen LogP contribution in [0, 0.1) is 17.8 Å². The number of carbonyl (C=O) groups excluding carboxylic acids is 2. The third kappa shape index (κ3) is 4.65. The molecule has 2 aromatic carbocycles. The molecule has 34 heavy (non-hydrogen) atoms. The Morgan fingerprint density at radius 1 is 1.03 bits per heavy atom. The smallest absolute Gasteiger partial charge is 0.407 e. The monoisotopic (exact) mass is 464 g/mol. The number of benzene rings is 2. The summed E-state index contributed by atoms with van der Waals surface area (Å²) in [5, 5.41) is 12.1.